The molecule has 1 aliphatic heterocycles. The number of sulfonamides is 1. The number of carbonyl (C=O) groups is 1. The van der Waals surface area contributed by atoms with E-state index in [0.29, 0.717) is 0 Å². The zero-order chi connectivity index (χ0) is 19.1. The van der Waals surface area contributed by atoms with E-state index in [-0.39, 0.29) is 50.8 Å². The summed E-state index contributed by atoms with van der Waals surface area (Å²) in [4.78, 5) is 11.2. The third kappa shape index (κ3) is 3.15. The molecule has 0 fully saturated rings. The van der Waals surface area contributed by atoms with Crippen molar-refractivity contribution in [3.63, 3.8) is 0 Å². The number of aromatic carboxylic acids is 1. The van der Waals surface area contributed by atoms with Crippen LogP contribution in [0, 0.1) is 0 Å². The summed E-state index contributed by atoms with van der Waals surface area (Å²) in [5, 5.41) is 9.46. The Kier molecular flexibility index (Phi) is 4.92. The molecule has 1 aliphatic rings. The monoisotopic (exact) mass is 417 g/mol. The number of methoxy groups -OCH3 is 1. The summed E-state index contributed by atoms with van der Waals surface area (Å²) in [5.41, 5.74) is -0.110. The molecule has 0 saturated carbocycles. The van der Waals surface area contributed by atoms with Gasteiger partial charge in [-0.3, -0.25) is 4.31 Å². The number of fused-ring (bicyclic) bond motifs is 1. The van der Waals surface area contributed by atoms with Crippen LogP contribution in [0.4, 0.5) is 5.69 Å². The van der Waals surface area contributed by atoms with Gasteiger partial charge in [0.2, 0.25) is 0 Å². The molecule has 0 spiro atoms. The molecule has 0 unspecified atom stereocenters. The van der Waals surface area contributed by atoms with Gasteiger partial charge in [-0.1, -0.05) is 23.2 Å². The first-order valence-electron chi connectivity index (χ1n) is 7.31. The molecule has 0 bridgehead atoms. The number of carboxylic acids is 1. The van der Waals surface area contributed by atoms with Crippen LogP contribution < -0.4 is 13.8 Å². The van der Waals surface area contributed by atoms with E-state index in [1.165, 1.54) is 37.4 Å². The summed E-state index contributed by atoms with van der Waals surface area (Å²) < 4.78 is 38.0. The lowest BCUT2D eigenvalue weighted by Crippen LogP contribution is -2.38. The SMILES string of the molecule is COc1ccc(Cl)cc1S(=O)(=O)N1CCOc2c(Cl)cc(C(=O)O)cc21. The number of hydrogen-bond donors (Lipinski definition) is 1. The number of halogens is 2. The van der Waals surface area contributed by atoms with Gasteiger partial charge in [0.15, 0.2) is 5.75 Å². The van der Waals surface area contributed by atoms with Crippen molar-refractivity contribution in [2.24, 2.45) is 0 Å². The normalized spacial score (nSPS) is 13.7. The molecular formula is C16H13Cl2NO6S. The van der Waals surface area contributed by atoms with Crippen LogP contribution in [0.3, 0.4) is 0 Å². The zero-order valence-corrected chi connectivity index (χ0v) is 15.7. The molecule has 1 N–H and O–H groups in total. The van der Waals surface area contributed by atoms with Gasteiger partial charge >= 0.3 is 5.97 Å². The van der Waals surface area contributed by atoms with Gasteiger partial charge in [0.25, 0.3) is 10.0 Å². The minimum Gasteiger partial charge on any atom is -0.495 e. The number of hydrogen-bond acceptors (Lipinski definition) is 5. The van der Waals surface area contributed by atoms with E-state index in [4.69, 9.17) is 32.7 Å². The second-order valence-electron chi connectivity index (χ2n) is 5.33. The maximum Gasteiger partial charge on any atom is 0.335 e. The highest BCUT2D eigenvalue weighted by atomic mass is 35.5. The van der Waals surface area contributed by atoms with Gasteiger partial charge in [-0.2, -0.15) is 0 Å². The number of nitrogens with zero attached hydrogens (tertiary/aromatic N) is 1. The summed E-state index contributed by atoms with van der Waals surface area (Å²) in [5.74, 6) is -1.02. The Balaban J connectivity index is 2.21. The smallest absolute Gasteiger partial charge is 0.335 e. The van der Waals surface area contributed by atoms with Crippen molar-refractivity contribution >= 4 is 44.9 Å². The van der Waals surface area contributed by atoms with E-state index in [0.717, 1.165) is 4.31 Å². The number of rotatable bonds is 4. The summed E-state index contributed by atoms with van der Waals surface area (Å²) in [7, 11) is -2.77. The summed E-state index contributed by atoms with van der Waals surface area (Å²) in [6.45, 7) is 0.0334. The standard InChI is InChI=1S/C16H13Cl2NO6S/c1-24-13-3-2-10(17)8-14(13)26(22,23)19-4-5-25-15-11(18)6-9(16(20)21)7-12(15)19/h2-3,6-8H,4-5H2,1H3,(H,20,21). The zero-order valence-electron chi connectivity index (χ0n) is 13.4. The molecule has 0 amide bonds. The molecule has 0 radical (unpaired) electrons. The van der Waals surface area contributed by atoms with E-state index < -0.39 is 16.0 Å². The van der Waals surface area contributed by atoms with Crippen molar-refractivity contribution < 1.29 is 27.8 Å². The topological polar surface area (TPSA) is 93.1 Å². The van der Waals surface area contributed by atoms with E-state index in [9.17, 15) is 18.3 Å². The summed E-state index contributed by atoms with van der Waals surface area (Å²) >= 11 is 12.0. The van der Waals surface area contributed by atoms with Crippen LogP contribution in [-0.2, 0) is 10.0 Å². The molecular weight excluding hydrogens is 405 g/mol. The minimum atomic E-state index is -4.11. The van der Waals surface area contributed by atoms with Crippen LogP contribution in [0.5, 0.6) is 11.5 Å². The first kappa shape index (κ1) is 18.6. The van der Waals surface area contributed by atoms with Crippen molar-refractivity contribution in [1.29, 1.82) is 0 Å². The average molecular weight is 418 g/mol. The third-order valence-electron chi connectivity index (χ3n) is 3.77. The molecule has 138 valence electrons. The first-order chi connectivity index (χ1) is 12.3. The number of anilines is 1. The van der Waals surface area contributed by atoms with Crippen LogP contribution >= 0.6 is 23.2 Å². The molecule has 2 aromatic rings. The molecule has 1 heterocycles. The lowest BCUT2D eigenvalue weighted by molar-refractivity contribution is 0.0697. The summed E-state index contributed by atoms with van der Waals surface area (Å²) in [6.07, 6.45) is 0. The van der Waals surface area contributed by atoms with Crippen molar-refractivity contribution in [2.45, 2.75) is 4.90 Å². The van der Waals surface area contributed by atoms with Crippen molar-refractivity contribution in [1.82, 2.24) is 0 Å². The Morgan fingerprint density at radius 1 is 1.27 bits per heavy atom. The Hall–Kier alpha value is -2.16. The molecule has 10 heteroatoms. The fourth-order valence-electron chi connectivity index (χ4n) is 2.60. The largest absolute Gasteiger partial charge is 0.495 e. The van der Waals surface area contributed by atoms with Gasteiger partial charge in [-0.05, 0) is 30.3 Å². The first-order valence-corrected chi connectivity index (χ1v) is 9.51. The average Bonchev–Trinajstić information content (AvgIpc) is 2.61. The highest BCUT2D eigenvalue weighted by Gasteiger charge is 2.34. The second-order valence-corrected chi connectivity index (χ2v) is 8.01. The molecule has 2 aromatic carbocycles. The predicted octanol–water partition coefficient (Wildman–Crippen LogP) is 3.29. The number of benzene rings is 2. The van der Waals surface area contributed by atoms with Gasteiger partial charge in [0.05, 0.1) is 29.9 Å². The molecule has 3 rings (SSSR count). The van der Waals surface area contributed by atoms with Crippen molar-refractivity contribution in [3.05, 3.63) is 45.9 Å². The van der Waals surface area contributed by atoms with E-state index >= 15 is 0 Å². The fraction of sp³-hybridized carbons (Fsp3) is 0.188. The molecule has 0 aromatic heterocycles. The Morgan fingerprint density at radius 3 is 2.65 bits per heavy atom. The van der Waals surface area contributed by atoms with E-state index in [1.54, 1.807) is 0 Å². The Morgan fingerprint density at radius 2 is 2.00 bits per heavy atom. The second kappa shape index (κ2) is 6.86. The lowest BCUT2D eigenvalue weighted by atomic mass is 10.1. The van der Waals surface area contributed by atoms with E-state index in [1.807, 2.05) is 0 Å². The Bertz CT molecular complexity index is 992. The van der Waals surface area contributed by atoms with Gasteiger partial charge in [-0.25, -0.2) is 13.2 Å². The maximum absolute atomic E-state index is 13.2. The van der Waals surface area contributed by atoms with Gasteiger partial charge in [-0.15, -0.1) is 0 Å². The number of ether oxygens (including phenoxy) is 2. The molecule has 7 nitrogen and oxygen atoms in total. The highest BCUT2D eigenvalue weighted by Crippen LogP contribution is 2.42. The van der Waals surface area contributed by atoms with E-state index in [2.05, 4.69) is 0 Å². The fourth-order valence-corrected chi connectivity index (χ4v) is 4.74. The number of carboxylic acid groups (broad SMARTS) is 1. The maximum atomic E-state index is 13.2. The lowest BCUT2D eigenvalue weighted by Gasteiger charge is -2.31. The highest BCUT2D eigenvalue weighted by molar-refractivity contribution is 7.93. The van der Waals surface area contributed by atoms with Crippen LogP contribution in [-0.4, -0.2) is 39.8 Å². The predicted molar refractivity (Wildman–Crippen MR) is 96.4 cm³/mol. The van der Waals surface area contributed by atoms with Gasteiger partial charge in [0, 0.05) is 5.02 Å². The van der Waals surface area contributed by atoms with Gasteiger partial charge in [0.1, 0.15) is 17.3 Å². The van der Waals surface area contributed by atoms with Crippen molar-refractivity contribution in [3.8, 4) is 11.5 Å². The Labute approximate surface area is 159 Å². The molecule has 26 heavy (non-hydrogen) atoms. The quantitative estimate of drug-likeness (QED) is 0.819. The van der Waals surface area contributed by atoms with Crippen LogP contribution in [0.15, 0.2) is 35.2 Å². The van der Waals surface area contributed by atoms with Crippen molar-refractivity contribution in [2.75, 3.05) is 24.6 Å². The molecule has 0 aliphatic carbocycles. The van der Waals surface area contributed by atoms with Crippen LogP contribution in [0.25, 0.3) is 0 Å². The van der Waals surface area contributed by atoms with Crippen LogP contribution in [0.1, 0.15) is 10.4 Å². The van der Waals surface area contributed by atoms with Gasteiger partial charge < -0.3 is 14.6 Å². The third-order valence-corrected chi connectivity index (χ3v) is 6.12. The molecule has 0 saturated heterocycles. The minimum absolute atomic E-state index is 0.0119. The van der Waals surface area contributed by atoms with Crippen LogP contribution in [0.2, 0.25) is 10.0 Å². The summed E-state index contributed by atoms with van der Waals surface area (Å²) in [6, 6.07) is 6.63. The molecule has 0 atom stereocenters.